The fourth-order valence-corrected chi connectivity index (χ4v) is 1.82. The fraction of sp³-hybridized carbons (Fsp3) is 0.429. The third-order valence-electron chi connectivity index (χ3n) is 2.83. The molecular formula is C14H18N2. The third kappa shape index (κ3) is 1.92. The standard InChI is InChI=1S/C14H18N2/c1-9(2)11-6-5-7-12-14(11)15-8-13(16-12)10(3)4/h5-10H,1-4H3. The molecule has 2 aromatic rings. The summed E-state index contributed by atoms with van der Waals surface area (Å²) in [6.07, 6.45) is 1.90. The van der Waals surface area contributed by atoms with E-state index in [1.54, 1.807) is 0 Å². The molecule has 0 radical (unpaired) electrons. The van der Waals surface area contributed by atoms with Crippen LogP contribution in [0.25, 0.3) is 11.0 Å². The molecule has 0 saturated heterocycles. The molecule has 1 aromatic carbocycles. The van der Waals surface area contributed by atoms with E-state index in [-0.39, 0.29) is 0 Å². The molecule has 84 valence electrons. The zero-order valence-electron chi connectivity index (χ0n) is 10.4. The number of nitrogens with zero attached hydrogens (tertiary/aromatic N) is 2. The molecule has 0 aliphatic carbocycles. The lowest BCUT2D eigenvalue weighted by atomic mass is 10.0. The predicted molar refractivity (Wildman–Crippen MR) is 67.7 cm³/mol. The van der Waals surface area contributed by atoms with Gasteiger partial charge >= 0.3 is 0 Å². The van der Waals surface area contributed by atoms with Crippen LogP contribution in [0.15, 0.2) is 24.4 Å². The van der Waals surface area contributed by atoms with Crippen molar-refractivity contribution in [2.45, 2.75) is 39.5 Å². The Labute approximate surface area is 96.7 Å². The largest absolute Gasteiger partial charge is 0.252 e. The summed E-state index contributed by atoms with van der Waals surface area (Å²) in [6, 6.07) is 6.24. The summed E-state index contributed by atoms with van der Waals surface area (Å²) in [5.41, 5.74) is 4.40. The minimum Gasteiger partial charge on any atom is -0.252 e. The molecule has 0 unspecified atom stereocenters. The van der Waals surface area contributed by atoms with Crippen molar-refractivity contribution in [2.24, 2.45) is 0 Å². The normalized spacial score (nSPS) is 11.6. The Morgan fingerprint density at radius 3 is 2.38 bits per heavy atom. The van der Waals surface area contributed by atoms with E-state index in [1.807, 2.05) is 12.3 Å². The van der Waals surface area contributed by atoms with Crippen molar-refractivity contribution in [3.05, 3.63) is 35.7 Å². The second kappa shape index (κ2) is 4.20. The summed E-state index contributed by atoms with van der Waals surface area (Å²) >= 11 is 0. The average Bonchev–Trinajstić information content (AvgIpc) is 2.27. The first-order valence-corrected chi connectivity index (χ1v) is 5.85. The van der Waals surface area contributed by atoms with Gasteiger partial charge in [0.25, 0.3) is 0 Å². The highest BCUT2D eigenvalue weighted by atomic mass is 14.8. The van der Waals surface area contributed by atoms with Crippen LogP contribution in [0.1, 0.15) is 50.8 Å². The van der Waals surface area contributed by atoms with E-state index < -0.39 is 0 Å². The van der Waals surface area contributed by atoms with Gasteiger partial charge in [-0.15, -0.1) is 0 Å². The Morgan fingerprint density at radius 2 is 1.75 bits per heavy atom. The molecule has 0 atom stereocenters. The first kappa shape index (κ1) is 11.1. The fourth-order valence-electron chi connectivity index (χ4n) is 1.82. The topological polar surface area (TPSA) is 25.8 Å². The molecule has 0 spiro atoms. The van der Waals surface area contributed by atoms with Crippen LogP contribution in [-0.4, -0.2) is 9.97 Å². The van der Waals surface area contributed by atoms with Gasteiger partial charge in [-0.05, 0) is 23.5 Å². The Morgan fingerprint density at radius 1 is 1.00 bits per heavy atom. The Bertz CT molecular complexity index is 501. The van der Waals surface area contributed by atoms with Crippen LogP contribution in [0.2, 0.25) is 0 Å². The van der Waals surface area contributed by atoms with E-state index in [4.69, 9.17) is 0 Å². The SMILES string of the molecule is CC(C)c1cnc2c(C(C)C)cccc2n1. The van der Waals surface area contributed by atoms with E-state index in [1.165, 1.54) is 5.56 Å². The van der Waals surface area contributed by atoms with Gasteiger partial charge < -0.3 is 0 Å². The Kier molecular flexibility index (Phi) is 2.90. The number of rotatable bonds is 2. The lowest BCUT2D eigenvalue weighted by molar-refractivity contribution is 0.818. The van der Waals surface area contributed by atoms with Gasteiger partial charge in [0.1, 0.15) is 0 Å². The maximum absolute atomic E-state index is 4.66. The Hall–Kier alpha value is -1.44. The van der Waals surface area contributed by atoms with Gasteiger partial charge in [0.2, 0.25) is 0 Å². The van der Waals surface area contributed by atoms with E-state index in [0.717, 1.165) is 16.7 Å². The summed E-state index contributed by atoms with van der Waals surface area (Å²) in [6.45, 7) is 8.66. The summed E-state index contributed by atoms with van der Waals surface area (Å²) in [5, 5.41) is 0. The van der Waals surface area contributed by atoms with Gasteiger partial charge in [-0.2, -0.15) is 0 Å². The molecule has 0 fully saturated rings. The van der Waals surface area contributed by atoms with E-state index in [0.29, 0.717) is 11.8 Å². The van der Waals surface area contributed by atoms with Gasteiger partial charge in [0.15, 0.2) is 0 Å². The molecule has 0 aliphatic heterocycles. The smallest absolute Gasteiger partial charge is 0.0921 e. The maximum atomic E-state index is 4.66. The summed E-state index contributed by atoms with van der Waals surface area (Å²) < 4.78 is 0. The molecule has 0 N–H and O–H groups in total. The molecule has 2 nitrogen and oxygen atoms in total. The van der Waals surface area contributed by atoms with Gasteiger partial charge in [0.05, 0.1) is 16.7 Å². The van der Waals surface area contributed by atoms with E-state index in [9.17, 15) is 0 Å². The van der Waals surface area contributed by atoms with Crippen LogP contribution in [0.5, 0.6) is 0 Å². The zero-order valence-corrected chi connectivity index (χ0v) is 10.4. The van der Waals surface area contributed by atoms with Gasteiger partial charge in [-0.25, -0.2) is 4.98 Å². The van der Waals surface area contributed by atoms with Gasteiger partial charge in [0, 0.05) is 6.20 Å². The van der Waals surface area contributed by atoms with E-state index in [2.05, 4.69) is 49.8 Å². The molecular weight excluding hydrogens is 196 g/mol. The molecule has 0 amide bonds. The van der Waals surface area contributed by atoms with Gasteiger partial charge in [-0.3, -0.25) is 4.98 Å². The average molecular weight is 214 g/mol. The monoisotopic (exact) mass is 214 g/mol. The molecule has 2 rings (SSSR count). The molecule has 2 heteroatoms. The van der Waals surface area contributed by atoms with Crippen molar-refractivity contribution < 1.29 is 0 Å². The number of benzene rings is 1. The molecule has 0 bridgehead atoms. The van der Waals surface area contributed by atoms with Crippen molar-refractivity contribution in [1.82, 2.24) is 9.97 Å². The molecule has 0 aliphatic rings. The number of hydrogen-bond acceptors (Lipinski definition) is 2. The van der Waals surface area contributed by atoms with Crippen molar-refractivity contribution in [3.63, 3.8) is 0 Å². The summed E-state index contributed by atoms with van der Waals surface area (Å²) in [4.78, 5) is 9.22. The number of hydrogen-bond donors (Lipinski definition) is 0. The van der Waals surface area contributed by atoms with Crippen LogP contribution in [-0.2, 0) is 0 Å². The van der Waals surface area contributed by atoms with Crippen LogP contribution >= 0.6 is 0 Å². The predicted octanol–water partition coefficient (Wildman–Crippen LogP) is 3.88. The van der Waals surface area contributed by atoms with Crippen LogP contribution in [0, 0.1) is 0 Å². The number of aromatic nitrogens is 2. The van der Waals surface area contributed by atoms with Crippen LogP contribution in [0.3, 0.4) is 0 Å². The first-order valence-electron chi connectivity index (χ1n) is 5.85. The lowest BCUT2D eigenvalue weighted by Crippen LogP contribution is -1.98. The van der Waals surface area contributed by atoms with E-state index >= 15 is 0 Å². The third-order valence-corrected chi connectivity index (χ3v) is 2.83. The minimum atomic E-state index is 0.430. The molecule has 0 saturated carbocycles. The number of fused-ring (bicyclic) bond motifs is 1. The number of para-hydroxylation sites is 1. The van der Waals surface area contributed by atoms with Crippen LogP contribution < -0.4 is 0 Å². The van der Waals surface area contributed by atoms with Crippen molar-refractivity contribution in [3.8, 4) is 0 Å². The second-order valence-electron chi connectivity index (χ2n) is 4.82. The van der Waals surface area contributed by atoms with Gasteiger partial charge in [-0.1, -0.05) is 39.8 Å². The van der Waals surface area contributed by atoms with Crippen molar-refractivity contribution >= 4 is 11.0 Å². The molecule has 1 aromatic heterocycles. The minimum absolute atomic E-state index is 0.430. The summed E-state index contributed by atoms with van der Waals surface area (Å²) in [7, 11) is 0. The quantitative estimate of drug-likeness (QED) is 0.758. The highest BCUT2D eigenvalue weighted by Gasteiger charge is 2.08. The zero-order chi connectivity index (χ0) is 11.7. The van der Waals surface area contributed by atoms with Crippen LogP contribution in [0.4, 0.5) is 0 Å². The second-order valence-corrected chi connectivity index (χ2v) is 4.82. The summed E-state index contributed by atoms with van der Waals surface area (Å²) in [5.74, 6) is 0.919. The lowest BCUT2D eigenvalue weighted by Gasteiger charge is -2.10. The molecule has 1 heterocycles. The van der Waals surface area contributed by atoms with Crippen molar-refractivity contribution in [1.29, 1.82) is 0 Å². The highest BCUT2D eigenvalue weighted by molar-refractivity contribution is 5.78. The Balaban J connectivity index is 2.64. The van der Waals surface area contributed by atoms with Crippen molar-refractivity contribution in [2.75, 3.05) is 0 Å². The highest BCUT2D eigenvalue weighted by Crippen LogP contribution is 2.23. The maximum Gasteiger partial charge on any atom is 0.0921 e. The molecule has 16 heavy (non-hydrogen) atoms. The first-order chi connectivity index (χ1) is 7.59.